The number of aromatic nitrogens is 4. The van der Waals surface area contributed by atoms with Gasteiger partial charge >= 0.3 is 0 Å². The van der Waals surface area contributed by atoms with Crippen LogP contribution in [0.15, 0.2) is 48.9 Å². The number of imidazole rings is 1. The van der Waals surface area contributed by atoms with E-state index in [0.29, 0.717) is 37.0 Å². The molecule has 2 aliphatic rings. The largest absolute Gasteiger partial charge is 0.388 e. The van der Waals surface area contributed by atoms with Gasteiger partial charge < -0.3 is 15.9 Å². The van der Waals surface area contributed by atoms with Gasteiger partial charge in [-0.1, -0.05) is 6.92 Å². The van der Waals surface area contributed by atoms with Crippen LogP contribution in [0.1, 0.15) is 74.4 Å². The summed E-state index contributed by atoms with van der Waals surface area (Å²) >= 11 is 0. The lowest BCUT2D eigenvalue weighted by Gasteiger charge is -2.44. The fourth-order valence-electron chi connectivity index (χ4n) is 6.15. The van der Waals surface area contributed by atoms with E-state index in [1.54, 1.807) is 36.0 Å². The lowest BCUT2D eigenvalue weighted by Crippen LogP contribution is -2.54. The summed E-state index contributed by atoms with van der Waals surface area (Å²) in [4.78, 5) is 8.90. The minimum atomic E-state index is -1.16. The number of halogens is 2. The smallest absolute Gasteiger partial charge is 0.136 e. The van der Waals surface area contributed by atoms with Gasteiger partial charge in [0.1, 0.15) is 17.5 Å². The van der Waals surface area contributed by atoms with E-state index in [9.17, 15) is 10.2 Å². The number of pyridine rings is 1. The van der Waals surface area contributed by atoms with Crippen molar-refractivity contribution < 1.29 is 19.0 Å². The first-order valence-corrected chi connectivity index (χ1v) is 13.5. The number of fused-ring (bicyclic) bond motifs is 1. The van der Waals surface area contributed by atoms with Gasteiger partial charge in [0.15, 0.2) is 0 Å². The molecule has 0 spiro atoms. The third-order valence-electron chi connectivity index (χ3n) is 9.13. The number of rotatable bonds is 5. The molecular formula is C30H33F2N5O2. The van der Waals surface area contributed by atoms with Crippen molar-refractivity contribution in [2.75, 3.05) is 0 Å². The first-order chi connectivity index (χ1) is 18.6. The molecule has 4 N–H and O–H groups in total. The summed E-state index contributed by atoms with van der Waals surface area (Å²) in [6, 6.07) is 7.40. The summed E-state index contributed by atoms with van der Waals surface area (Å²) in [6.45, 7) is 3.83. The molecule has 204 valence electrons. The molecule has 3 aromatic heterocycles. The molecule has 39 heavy (non-hydrogen) atoms. The Morgan fingerprint density at radius 3 is 2.49 bits per heavy atom. The van der Waals surface area contributed by atoms with E-state index in [0.717, 1.165) is 24.0 Å². The average Bonchev–Trinajstić information content (AvgIpc) is 3.27. The van der Waals surface area contributed by atoms with Crippen molar-refractivity contribution in [2.45, 2.75) is 75.5 Å². The van der Waals surface area contributed by atoms with Gasteiger partial charge in [0.05, 0.1) is 34.2 Å². The highest BCUT2D eigenvalue weighted by Gasteiger charge is 2.42. The molecule has 1 aromatic carbocycles. The van der Waals surface area contributed by atoms with Crippen molar-refractivity contribution >= 4 is 5.52 Å². The van der Waals surface area contributed by atoms with E-state index in [2.05, 4.69) is 15.1 Å². The predicted molar refractivity (Wildman–Crippen MR) is 143 cm³/mol. The van der Waals surface area contributed by atoms with Crippen molar-refractivity contribution in [3.63, 3.8) is 0 Å². The second-order valence-corrected chi connectivity index (χ2v) is 11.6. The van der Waals surface area contributed by atoms with Crippen molar-refractivity contribution in [1.29, 1.82) is 0 Å². The van der Waals surface area contributed by atoms with Gasteiger partial charge in [-0.3, -0.25) is 4.98 Å². The molecule has 0 amide bonds. The molecule has 4 atom stereocenters. The zero-order valence-electron chi connectivity index (χ0n) is 22.1. The summed E-state index contributed by atoms with van der Waals surface area (Å²) in [5, 5.41) is 25.9. The maximum atomic E-state index is 15.2. The van der Waals surface area contributed by atoms with E-state index in [4.69, 9.17) is 5.73 Å². The van der Waals surface area contributed by atoms with Crippen LogP contribution in [-0.4, -0.2) is 41.4 Å². The maximum absolute atomic E-state index is 15.2. The Morgan fingerprint density at radius 1 is 1.08 bits per heavy atom. The molecule has 3 heterocycles. The Bertz CT molecular complexity index is 1510. The van der Waals surface area contributed by atoms with Crippen LogP contribution in [0.25, 0.3) is 16.8 Å². The van der Waals surface area contributed by atoms with Crippen LogP contribution < -0.4 is 5.73 Å². The first-order valence-electron chi connectivity index (χ1n) is 13.5. The van der Waals surface area contributed by atoms with Crippen LogP contribution >= 0.6 is 0 Å². The Labute approximate surface area is 225 Å². The summed E-state index contributed by atoms with van der Waals surface area (Å²) in [5.41, 5.74) is 7.24. The molecule has 2 fully saturated rings. The molecule has 6 rings (SSSR count). The zero-order valence-corrected chi connectivity index (χ0v) is 22.1. The Kier molecular flexibility index (Phi) is 6.28. The molecule has 0 unspecified atom stereocenters. The third kappa shape index (κ3) is 4.42. The molecule has 0 aliphatic heterocycles. The topological polar surface area (TPSA) is 110 Å². The van der Waals surface area contributed by atoms with E-state index < -0.39 is 22.8 Å². The Hall–Kier alpha value is -3.27. The fourth-order valence-corrected chi connectivity index (χ4v) is 6.15. The van der Waals surface area contributed by atoms with Gasteiger partial charge in [0, 0.05) is 24.9 Å². The van der Waals surface area contributed by atoms with Crippen LogP contribution in [-0.2, 0) is 12.0 Å². The number of nitrogens with two attached hydrogens (primary N) is 1. The van der Waals surface area contributed by atoms with Crippen molar-refractivity contribution in [3.05, 3.63) is 83.1 Å². The second-order valence-electron chi connectivity index (χ2n) is 11.6. The summed E-state index contributed by atoms with van der Waals surface area (Å²) in [7, 11) is 0. The van der Waals surface area contributed by atoms with E-state index in [1.165, 1.54) is 12.1 Å². The molecular weight excluding hydrogens is 500 g/mol. The number of hydrogen-bond donors (Lipinski definition) is 3. The maximum Gasteiger partial charge on any atom is 0.136 e. The van der Waals surface area contributed by atoms with Gasteiger partial charge in [0.2, 0.25) is 0 Å². The number of nitrogens with zero attached hydrogens (tertiary/aromatic N) is 4. The SMILES string of the molecule is C[C@H]1C[C@@H](c2ccncc2Cc2ncc3ccc(-c4c(F)cc(C5(O)CCC5)cc4F)nn23)C[C@@H](N)[C@]1(C)O. The van der Waals surface area contributed by atoms with Gasteiger partial charge in [-0.15, -0.1) is 0 Å². The van der Waals surface area contributed by atoms with Crippen LogP contribution in [0.5, 0.6) is 0 Å². The molecule has 2 saturated carbocycles. The van der Waals surface area contributed by atoms with Gasteiger partial charge in [-0.05, 0) is 97.9 Å². The van der Waals surface area contributed by atoms with Crippen LogP contribution in [0.2, 0.25) is 0 Å². The normalized spacial score (nSPS) is 26.5. The second kappa shape index (κ2) is 9.43. The minimum absolute atomic E-state index is 0.0323. The molecule has 4 aromatic rings. The molecule has 2 aliphatic carbocycles. The highest BCUT2D eigenvalue weighted by Crippen LogP contribution is 2.43. The Morgan fingerprint density at radius 2 is 1.82 bits per heavy atom. The zero-order chi connectivity index (χ0) is 27.5. The average molecular weight is 534 g/mol. The van der Waals surface area contributed by atoms with E-state index in [1.807, 2.05) is 19.2 Å². The number of aliphatic hydroxyl groups is 2. The van der Waals surface area contributed by atoms with Gasteiger partial charge in [0.25, 0.3) is 0 Å². The van der Waals surface area contributed by atoms with Crippen LogP contribution in [0.4, 0.5) is 8.78 Å². The number of hydrogen-bond acceptors (Lipinski definition) is 6. The lowest BCUT2D eigenvalue weighted by atomic mass is 9.67. The Balaban J connectivity index is 1.33. The van der Waals surface area contributed by atoms with E-state index >= 15 is 8.78 Å². The van der Waals surface area contributed by atoms with Gasteiger partial charge in [-0.25, -0.2) is 18.3 Å². The lowest BCUT2D eigenvalue weighted by molar-refractivity contribution is -0.0464. The quantitative estimate of drug-likeness (QED) is 0.345. The van der Waals surface area contributed by atoms with Crippen LogP contribution in [0, 0.1) is 17.6 Å². The fraction of sp³-hybridized carbons (Fsp3) is 0.433. The molecule has 0 saturated heterocycles. The summed E-state index contributed by atoms with van der Waals surface area (Å²) in [5.74, 6) is -0.707. The third-order valence-corrected chi connectivity index (χ3v) is 9.13. The van der Waals surface area contributed by atoms with Crippen molar-refractivity contribution in [3.8, 4) is 11.3 Å². The minimum Gasteiger partial charge on any atom is -0.388 e. The number of benzene rings is 1. The molecule has 0 bridgehead atoms. The van der Waals surface area contributed by atoms with Gasteiger partial charge in [-0.2, -0.15) is 5.10 Å². The summed E-state index contributed by atoms with van der Waals surface area (Å²) < 4.78 is 32.0. The standard InChI is InChI=1S/C30H33F2N5O2/c1-17-10-18(11-26(33)29(17,2)38)22-6-9-34-15-19(22)12-27-35-16-21-4-5-25(36-37(21)27)28-23(31)13-20(14-24(28)32)30(39)7-3-8-30/h4-6,9,13-18,26,38-39H,3,7-8,10-12,33H2,1-2H3/t17-,18+,26+,29+/m0/s1. The van der Waals surface area contributed by atoms with Crippen molar-refractivity contribution in [2.24, 2.45) is 11.7 Å². The monoisotopic (exact) mass is 533 g/mol. The highest BCUT2D eigenvalue weighted by atomic mass is 19.1. The summed E-state index contributed by atoms with van der Waals surface area (Å²) in [6.07, 6.45) is 8.94. The molecule has 0 radical (unpaired) electrons. The molecule has 7 nitrogen and oxygen atoms in total. The first kappa shape index (κ1) is 26.0. The van der Waals surface area contributed by atoms with Crippen molar-refractivity contribution in [1.82, 2.24) is 19.6 Å². The molecule has 9 heteroatoms. The van der Waals surface area contributed by atoms with E-state index in [-0.39, 0.29) is 34.7 Å². The highest BCUT2D eigenvalue weighted by molar-refractivity contribution is 5.63. The van der Waals surface area contributed by atoms with Crippen LogP contribution in [0.3, 0.4) is 0 Å². The predicted octanol–water partition coefficient (Wildman–Crippen LogP) is 4.62.